The van der Waals surface area contributed by atoms with E-state index in [1.165, 1.54) is 0 Å². The first kappa shape index (κ1) is 11.2. The van der Waals surface area contributed by atoms with Gasteiger partial charge < -0.3 is 10.5 Å². The molecule has 0 aliphatic heterocycles. The summed E-state index contributed by atoms with van der Waals surface area (Å²) in [4.78, 5) is 11.0. The van der Waals surface area contributed by atoms with Crippen LogP contribution in [0.2, 0.25) is 0 Å². The lowest BCUT2D eigenvalue weighted by molar-refractivity contribution is 0.112. The lowest BCUT2D eigenvalue weighted by atomic mass is 10.00. The molecule has 2 N–H and O–H groups in total. The van der Waals surface area contributed by atoms with Gasteiger partial charge >= 0.3 is 0 Å². The van der Waals surface area contributed by atoms with E-state index in [0.29, 0.717) is 17.0 Å². The molecule has 0 amide bonds. The van der Waals surface area contributed by atoms with Crippen LogP contribution in [-0.4, -0.2) is 13.4 Å². The van der Waals surface area contributed by atoms with Crippen molar-refractivity contribution >= 4 is 12.0 Å². The van der Waals surface area contributed by atoms with Crippen LogP contribution in [0.3, 0.4) is 0 Å². The molecule has 2 rings (SSSR count). The number of rotatable bonds is 3. The minimum atomic E-state index is 0.561. The molecule has 3 heteroatoms. The van der Waals surface area contributed by atoms with Gasteiger partial charge in [-0.15, -0.1) is 0 Å². The van der Waals surface area contributed by atoms with Crippen molar-refractivity contribution in [1.29, 1.82) is 0 Å². The smallest absolute Gasteiger partial charge is 0.150 e. The molecule has 0 atom stereocenters. The van der Waals surface area contributed by atoms with E-state index < -0.39 is 0 Å². The van der Waals surface area contributed by atoms with Crippen LogP contribution in [0, 0.1) is 0 Å². The SMILES string of the molecule is COc1ccc(-c2ccccc2C=O)cc1N. The van der Waals surface area contributed by atoms with Crippen LogP contribution in [0.25, 0.3) is 11.1 Å². The lowest BCUT2D eigenvalue weighted by Gasteiger charge is -2.08. The number of hydrogen-bond acceptors (Lipinski definition) is 3. The van der Waals surface area contributed by atoms with E-state index in [0.717, 1.165) is 17.4 Å². The molecule has 17 heavy (non-hydrogen) atoms. The summed E-state index contributed by atoms with van der Waals surface area (Å²) in [6.45, 7) is 0. The van der Waals surface area contributed by atoms with E-state index in [2.05, 4.69) is 0 Å². The van der Waals surface area contributed by atoms with Crippen molar-refractivity contribution < 1.29 is 9.53 Å². The van der Waals surface area contributed by atoms with Crippen LogP contribution in [0.5, 0.6) is 5.75 Å². The van der Waals surface area contributed by atoms with E-state index in [1.807, 2.05) is 24.3 Å². The van der Waals surface area contributed by atoms with Gasteiger partial charge in [-0.3, -0.25) is 4.79 Å². The molecule has 3 nitrogen and oxygen atoms in total. The maximum atomic E-state index is 11.0. The molecule has 0 aromatic heterocycles. The number of carbonyl (C=O) groups excluding carboxylic acids is 1. The van der Waals surface area contributed by atoms with Gasteiger partial charge in [0.2, 0.25) is 0 Å². The Kier molecular flexibility index (Phi) is 3.10. The second kappa shape index (κ2) is 4.70. The summed E-state index contributed by atoms with van der Waals surface area (Å²) < 4.78 is 5.10. The summed E-state index contributed by atoms with van der Waals surface area (Å²) in [5, 5.41) is 0. The molecule has 0 saturated heterocycles. The first-order chi connectivity index (χ1) is 8.26. The van der Waals surface area contributed by atoms with Crippen molar-refractivity contribution in [2.75, 3.05) is 12.8 Å². The van der Waals surface area contributed by atoms with Crippen LogP contribution in [0.4, 0.5) is 5.69 Å². The highest BCUT2D eigenvalue weighted by molar-refractivity contribution is 5.88. The Morgan fingerprint density at radius 2 is 1.94 bits per heavy atom. The maximum Gasteiger partial charge on any atom is 0.150 e. The Hall–Kier alpha value is -2.29. The first-order valence-corrected chi connectivity index (χ1v) is 5.24. The zero-order valence-electron chi connectivity index (χ0n) is 9.51. The molecule has 0 fully saturated rings. The van der Waals surface area contributed by atoms with Crippen molar-refractivity contribution in [3.8, 4) is 16.9 Å². The van der Waals surface area contributed by atoms with Crippen molar-refractivity contribution in [3.63, 3.8) is 0 Å². The standard InChI is InChI=1S/C14H13NO2/c1-17-14-7-6-10(8-13(14)15)12-5-3-2-4-11(12)9-16/h2-9H,15H2,1H3. The third-order valence-electron chi connectivity index (χ3n) is 2.63. The molecule has 86 valence electrons. The van der Waals surface area contributed by atoms with Gasteiger partial charge in [-0.25, -0.2) is 0 Å². The second-order valence-corrected chi connectivity index (χ2v) is 3.66. The molecule has 0 unspecified atom stereocenters. The molecular weight excluding hydrogens is 214 g/mol. The number of methoxy groups -OCH3 is 1. The van der Waals surface area contributed by atoms with Gasteiger partial charge in [0.05, 0.1) is 12.8 Å². The molecule has 0 aliphatic carbocycles. The Labute approximate surface area is 99.8 Å². The minimum Gasteiger partial charge on any atom is -0.495 e. The third kappa shape index (κ3) is 2.13. The minimum absolute atomic E-state index is 0.561. The highest BCUT2D eigenvalue weighted by Crippen LogP contribution is 2.29. The van der Waals surface area contributed by atoms with Crippen LogP contribution >= 0.6 is 0 Å². The predicted octanol–water partition coefficient (Wildman–Crippen LogP) is 2.76. The van der Waals surface area contributed by atoms with Gasteiger partial charge in [0.15, 0.2) is 6.29 Å². The highest BCUT2D eigenvalue weighted by atomic mass is 16.5. The quantitative estimate of drug-likeness (QED) is 0.648. The largest absolute Gasteiger partial charge is 0.495 e. The van der Waals surface area contributed by atoms with Crippen LogP contribution < -0.4 is 10.5 Å². The number of nitrogen functional groups attached to an aromatic ring is 1. The summed E-state index contributed by atoms with van der Waals surface area (Å²) in [6, 6.07) is 12.9. The van der Waals surface area contributed by atoms with Crippen molar-refractivity contribution in [3.05, 3.63) is 48.0 Å². The van der Waals surface area contributed by atoms with Gasteiger partial charge in [-0.1, -0.05) is 30.3 Å². The van der Waals surface area contributed by atoms with E-state index in [-0.39, 0.29) is 0 Å². The first-order valence-electron chi connectivity index (χ1n) is 5.24. The third-order valence-corrected chi connectivity index (χ3v) is 2.63. The monoisotopic (exact) mass is 227 g/mol. The van der Waals surface area contributed by atoms with Crippen molar-refractivity contribution in [2.24, 2.45) is 0 Å². The Bertz CT molecular complexity index is 550. The fourth-order valence-corrected chi connectivity index (χ4v) is 1.76. The molecule has 0 bridgehead atoms. The average molecular weight is 227 g/mol. The number of ether oxygens (including phenoxy) is 1. The number of hydrogen-bond donors (Lipinski definition) is 1. The molecule has 0 heterocycles. The fourth-order valence-electron chi connectivity index (χ4n) is 1.76. The molecular formula is C14H13NO2. The van der Waals surface area contributed by atoms with Gasteiger partial charge in [0.25, 0.3) is 0 Å². The number of aldehydes is 1. The van der Waals surface area contributed by atoms with Crippen molar-refractivity contribution in [1.82, 2.24) is 0 Å². The summed E-state index contributed by atoms with van der Waals surface area (Å²) >= 11 is 0. The van der Waals surface area contributed by atoms with E-state index in [4.69, 9.17) is 10.5 Å². The van der Waals surface area contributed by atoms with Gasteiger partial charge in [-0.05, 0) is 23.3 Å². The van der Waals surface area contributed by atoms with Crippen molar-refractivity contribution in [2.45, 2.75) is 0 Å². The maximum absolute atomic E-state index is 11.0. The van der Waals surface area contributed by atoms with E-state index in [9.17, 15) is 4.79 Å². The highest BCUT2D eigenvalue weighted by Gasteiger charge is 2.06. The number of nitrogens with two attached hydrogens (primary N) is 1. The van der Waals surface area contributed by atoms with Crippen LogP contribution in [0.1, 0.15) is 10.4 Å². The average Bonchev–Trinajstić information content (AvgIpc) is 2.38. The summed E-state index contributed by atoms with van der Waals surface area (Å²) in [7, 11) is 1.57. The van der Waals surface area contributed by atoms with Crippen LogP contribution in [0.15, 0.2) is 42.5 Å². The zero-order chi connectivity index (χ0) is 12.3. The topological polar surface area (TPSA) is 52.3 Å². The fraction of sp³-hybridized carbons (Fsp3) is 0.0714. The molecule has 2 aromatic rings. The Morgan fingerprint density at radius 3 is 2.59 bits per heavy atom. The number of benzene rings is 2. The molecule has 0 aliphatic rings. The zero-order valence-corrected chi connectivity index (χ0v) is 9.51. The van der Waals surface area contributed by atoms with Crippen LogP contribution in [-0.2, 0) is 0 Å². The predicted molar refractivity (Wildman–Crippen MR) is 68.2 cm³/mol. The Morgan fingerprint density at radius 1 is 1.18 bits per heavy atom. The second-order valence-electron chi connectivity index (χ2n) is 3.66. The molecule has 0 saturated carbocycles. The van der Waals surface area contributed by atoms with E-state index >= 15 is 0 Å². The summed E-state index contributed by atoms with van der Waals surface area (Å²) in [6.07, 6.45) is 0.843. The summed E-state index contributed by atoms with van der Waals surface area (Å²) in [5.41, 5.74) is 8.84. The molecule has 0 spiro atoms. The Balaban J connectivity index is 2.53. The summed E-state index contributed by atoms with van der Waals surface area (Å²) in [5.74, 6) is 0.636. The number of anilines is 1. The van der Waals surface area contributed by atoms with Gasteiger partial charge in [-0.2, -0.15) is 0 Å². The van der Waals surface area contributed by atoms with Gasteiger partial charge in [0.1, 0.15) is 5.75 Å². The van der Waals surface area contributed by atoms with E-state index in [1.54, 1.807) is 25.3 Å². The normalized spacial score (nSPS) is 9.94. The molecule has 0 radical (unpaired) electrons. The lowest BCUT2D eigenvalue weighted by Crippen LogP contribution is -1.93. The van der Waals surface area contributed by atoms with Gasteiger partial charge in [0, 0.05) is 5.56 Å². The number of carbonyl (C=O) groups is 1. The molecule has 2 aromatic carbocycles.